The van der Waals surface area contributed by atoms with Crippen molar-refractivity contribution in [2.45, 2.75) is 13.0 Å². The first kappa shape index (κ1) is 12.4. The summed E-state index contributed by atoms with van der Waals surface area (Å²) in [5, 5.41) is 22.3. The highest BCUT2D eigenvalue weighted by Crippen LogP contribution is 2.23. The number of nitrogens with one attached hydrogen (secondary N) is 1. The van der Waals surface area contributed by atoms with Gasteiger partial charge in [0.05, 0.1) is 6.61 Å². The van der Waals surface area contributed by atoms with Crippen molar-refractivity contribution in [3.05, 3.63) is 29.3 Å². The fourth-order valence-electron chi connectivity index (χ4n) is 2.19. The minimum absolute atomic E-state index is 0.104. The first-order valence-corrected chi connectivity index (χ1v) is 6.15. The van der Waals surface area contributed by atoms with Crippen LogP contribution < -0.4 is 5.32 Å². The Morgan fingerprint density at radius 1 is 1.18 bits per heavy atom. The Kier molecular flexibility index (Phi) is 4.36. The molecule has 94 valence electrons. The molecule has 0 aromatic heterocycles. The van der Waals surface area contributed by atoms with Gasteiger partial charge >= 0.3 is 0 Å². The van der Waals surface area contributed by atoms with Gasteiger partial charge in [0, 0.05) is 38.3 Å². The lowest BCUT2D eigenvalue weighted by molar-refractivity contribution is 0.242. The third-order valence-corrected chi connectivity index (χ3v) is 3.28. The van der Waals surface area contributed by atoms with Crippen LogP contribution in [0.1, 0.15) is 11.1 Å². The third-order valence-electron chi connectivity index (χ3n) is 3.28. The minimum Gasteiger partial charge on any atom is -0.507 e. The van der Waals surface area contributed by atoms with E-state index in [2.05, 4.69) is 10.2 Å². The van der Waals surface area contributed by atoms with Crippen molar-refractivity contribution < 1.29 is 10.2 Å². The molecule has 1 aliphatic rings. The molecule has 1 fully saturated rings. The lowest BCUT2D eigenvalue weighted by Gasteiger charge is -2.27. The van der Waals surface area contributed by atoms with Crippen molar-refractivity contribution >= 4 is 0 Å². The van der Waals surface area contributed by atoms with Gasteiger partial charge in [-0.15, -0.1) is 0 Å². The monoisotopic (exact) mass is 236 g/mol. The normalized spacial score (nSPS) is 17.2. The van der Waals surface area contributed by atoms with E-state index < -0.39 is 0 Å². The first-order valence-electron chi connectivity index (χ1n) is 6.15. The number of aliphatic hydroxyl groups is 1. The van der Waals surface area contributed by atoms with Crippen LogP contribution in [0.25, 0.3) is 0 Å². The predicted molar refractivity (Wildman–Crippen MR) is 67.0 cm³/mol. The number of aliphatic hydroxyl groups excluding tert-OH is 1. The second kappa shape index (κ2) is 6.00. The van der Waals surface area contributed by atoms with E-state index in [9.17, 15) is 5.11 Å². The Labute approximate surface area is 102 Å². The summed E-state index contributed by atoms with van der Waals surface area (Å²) in [6.07, 6.45) is 0.833. The predicted octanol–water partition coefficient (Wildman–Crippen LogP) is 0.332. The van der Waals surface area contributed by atoms with E-state index in [1.807, 2.05) is 12.1 Å². The topological polar surface area (TPSA) is 55.7 Å². The maximum Gasteiger partial charge on any atom is 0.124 e. The van der Waals surface area contributed by atoms with Crippen LogP contribution in [-0.2, 0) is 13.0 Å². The van der Waals surface area contributed by atoms with Gasteiger partial charge in [-0.2, -0.15) is 0 Å². The molecule has 1 aromatic carbocycles. The van der Waals surface area contributed by atoms with E-state index in [1.54, 1.807) is 6.07 Å². The summed E-state index contributed by atoms with van der Waals surface area (Å²) in [4.78, 5) is 2.39. The third kappa shape index (κ3) is 3.19. The van der Waals surface area contributed by atoms with E-state index in [4.69, 9.17) is 5.11 Å². The molecule has 2 rings (SSSR count). The van der Waals surface area contributed by atoms with E-state index in [0.29, 0.717) is 5.56 Å². The van der Waals surface area contributed by atoms with Gasteiger partial charge in [0.1, 0.15) is 5.75 Å². The summed E-state index contributed by atoms with van der Waals surface area (Å²) in [6.45, 7) is 5.09. The Bertz CT molecular complexity index is 362. The van der Waals surface area contributed by atoms with Gasteiger partial charge in [-0.25, -0.2) is 0 Å². The zero-order valence-electron chi connectivity index (χ0n) is 10.0. The second-order valence-corrected chi connectivity index (χ2v) is 4.42. The van der Waals surface area contributed by atoms with Crippen molar-refractivity contribution in [3.8, 4) is 5.75 Å². The van der Waals surface area contributed by atoms with Gasteiger partial charge in [-0.1, -0.05) is 18.2 Å². The maximum absolute atomic E-state index is 9.93. The van der Waals surface area contributed by atoms with Crippen molar-refractivity contribution in [2.24, 2.45) is 0 Å². The van der Waals surface area contributed by atoms with Gasteiger partial charge in [0.25, 0.3) is 0 Å². The van der Waals surface area contributed by atoms with E-state index in [1.165, 1.54) is 0 Å². The fraction of sp³-hybridized carbons (Fsp3) is 0.538. The molecule has 0 bridgehead atoms. The summed E-state index contributed by atoms with van der Waals surface area (Å²) in [6, 6.07) is 5.57. The summed E-state index contributed by atoms with van der Waals surface area (Å²) < 4.78 is 0. The van der Waals surface area contributed by atoms with Crippen molar-refractivity contribution in [2.75, 3.05) is 32.7 Å². The van der Waals surface area contributed by atoms with Crippen molar-refractivity contribution in [3.63, 3.8) is 0 Å². The number of piperazine rings is 1. The number of benzene rings is 1. The number of hydrogen-bond donors (Lipinski definition) is 3. The summed E-state index contributed by atoms with van der Waals surface area (Å²) in [5.41, 5.74) is 1.54. The Morgan fingerprint density at radius 2 is 1.88 bits per heavy atom. The summed E-state index contributed by atoms with van der Waals surface area (Å²) >= 11 is 0. The number of hydrogen-bond acceptors (Lipinski definition) is 4. The highest BCUT2D eigenvalue weighted by atomic mass is 16.3. The zero-order chi connectivity index (χ0) is 12.1. The highest BCUT2D eigenvalue weighted by Gasteiger charge is 2.11. The molecule has 0 spiro atoms. The zero-order valence-corrected chi connectivity index (χ0v) is 10.0. The maximum atomic E-state index is 9.93. The van der Waals surface area contributed by atoms with Gasteiger partial charge < -0.3 is 20.4 Å². The molecular formula is C13H20N2O2. The van der Waals surface area contributed by atoms with Crippen molar-refractivity contribution in [1.82, 2.24) is 10.2 Å². The highest BCUT2D eigenvalue weighted by molar-refractivity contribution is 5.40. The largest absolute Gasteiger partial charge is 0.507 e. The molecule has 0 atom stereocenters. The molecule has 0 aliphatic carbocycles. The standard InChI is InChI=1S/C13H20N2O2/c16-10-12-3-1-2-11(13(12)17)4-7-15-8-5-14-6-9-15/h1-3,14,16-17H,4-10H2. The molecule has 3 N–H and O–H groups in total. The molecule has 1 saturated heterocycles. The molecule has 0 radical (unpaired) electrons. The number of phenols is 1. The molecule has 1 aromatic rings. The summed E-state index contributed by atoms with van der Waals surface area (Å²) in [7, 11) is 0. The van der Waals surface area contributed by atoms with Gasteiger partial charge in [0.2, 0.25) is 0 Å². The Hall–Kier alpha value is -1.10. The smallest absolute Gasteiger partial charge is 0.124 e. The van der Waals surface area contributed by atoms with Crippen LogP contribution in [0, 0.1) is 0 Å². The molecule has 4 heteroatoms. The number of para-hydroxylation sites is 1. The second-order valence-electron chi connectivity index (χ2n) is 4.42. The Balaban J connectivity index is 1.93. The fourth-order valence-corrected chi connectivity index (χ4v) is 2.19. The van der Waals surface area contributed by atoms with Crippen LogP contribution >= 0.6 is 0 Å². The van der Waals surface area contributed by atoms with Crippen LogP contribution in [-0.4, -0.2) is 47.8 Å². The van der Waals surface area contributed by atoms with Crippen LogP contribution in [0.4, 0.5) is 0 Å². The van der Waals surface area contributed by atoms with Gasteiger partial charge in [-0.3, -0.25) is 0 Å². The number of rotatable bonds is 4. The van der Waals surface area contributed by atoms with E-state index in [0.717, 1.165) is 44.7 Å². The SMILES string of the molecule is OCc1cccc(CCN2CCNCC2)c1O. The average molecular weight is 236 g/mol. The molecule has 0 saturated carbocycles. The van der Waals surface area contributed by atoms with Crippen LogP contribution in [0.2, 0.25) is 0 Å². The van der Waals surface area contributed by atoms with Crippen LogP contribution in [0.3, 0.4) is 0 Å². The molecule has 1 aliphatic heterocycles. The lowest BCUT2D eigenvalue weighted by Crippen LogP contribution is -2.44. The molecule has 0 unspecified atom stereocenters. The van der Waals surface area contributed by atoms with Gasteiger partial charge in [0.15, 0.2) is 0 Å². The van der Waals surface area contributed by atoms with Crippen LogP contribution in [0.15, 0.2) is 18.2 Å². The van der Waals surface area contributed by atoms with Crippen LogP contribution in [0.5, 0.6) is 5.75 Å². The molecule has 17 heavy (non-hydrogen) atoms. The molecular weight excluding hydrogens is 216 g/mol. The minimum atomic E-state index is -0.104. The lowest BCUT2D eigenvalue weighted by atomic mass is 10.1. The summed E-state index contributed by atoms with van der Waals surface area (Å²) in [5.74, 6) is 0.255. The number of aromatic hydroxyl groups is 1. The van der Waals surface area contributed by atoms with E-state index in [-0.39, 0.29) is 12.4 Å². The quantitative estimate of drug-likeness (QED) is 0.705. The Morgan fingerprint density at radius 3 is 2.59 bits per heavy atom. The molecule has 1 heterocycles. The number of nitrogens with zero attached hydrogens (tertiary/aromatic N) is 1. The molecule has 0 amide bonds. The van der Waals surface area contributed by atoms with E-state index >= 15 is 0 Å². The van der Waals surface area contributed by atoms with Crippen molar-refractivity contribution in [1.29, 1.82) is 0 Å². The molecule has 4 nitrogen and oxygen atoms in total. The average Bonchev–Trinajstić information content (AvgIpc) is 2.39. The first-order chi connectivity index (χ1) is 8.31. The van der Waals surface area contributed by atoms with Gasteiger partial charge in [-0.05, 0) is 12.0 Å².